The van der Waals surface area contributed by atoms with Crippen molar-refractivity contribution in [2.75, 3.05) is 13.1 Å². The van der Waals surface area contributed by atoms with E-state index in [1.54, 1.807) is 0 Å². The summed E-state index contributed by atoms with van der Waals surface area (Å²) in [5, 5.41) is 12.0. The number of carboxylic acid groups (broad SMARTS) is 1. The molecule has 1 saturated heterocycles. The summed E-state index contributed by atoms with van der Waals surface area (Å²) in [5.74, 6) is 0.299. The van der Waals surface area contributed by atoms with Crippen molar-refractivity contribution in [2.45, 2.75) is 19.3 Å². The molecule has 0 aromatic heterocycles. The van der Waals surface area contributed by atoms with Crippen molar-refractivity contribution in [2.24, 2.45) is 17.8 Å². The van der Waals surface area contributed by atoms with E-state index in [9.17, 15) is 9.59 Å². The highest BCUT2D eigenvalue weighted by molar-refractivity contribution is 5.80. The third kappa shape index (κ3) is 1.80. The normalized spacial score (nSPS) is 36.9. The van der Waals surface area contributed by atoms with Crippen molar-refractivity contribution in [1.82, 2.24) is 5.32 Å². The molecular weight excluding hydrogens is 182 g/mol. The number of hydrogen-bond donors (Lipinski definition) is 2. The van der Waals surface area contributed by atoms with E-state index in [0.29, 0.717) is 18.6 Å². The smallest absolute Gasteiger partial charge is 0.303 e. The number of carboxylic acids is 1. The van der Waals surface area contributed by atoms with E-state index >= 15 is 0 Å². The molecule has 2 rings (SSSR count). The van der Waals surface area contributed by atoms with Gasteiger partial charge >= 0.3 is 5.97 Å². The van der Waals surface area contributed by atoms with Crippen molar-refractivity contribution >= 4 is 11.8 Å². The van der Waals surface area contributed by atoms with Crippen LogP contribution < -0.4 is 5.32 Å². The first-order chi connectivity index (χ1) is 6.66. The number of hydrogen-bond acceptors (Lipinski definition) is 3. The lowest BCUT2D eigenvalue weighted by Crippen LogP contribution is -2.49. The Morgan fingerprint density at radius 1 is 1.36 bits per heavy atom. The monoisotopic (exact) mass is 197 g/mol. The zero-order chi connectivity index (χ0) is 10.1. The zero-order valence-electron chi connectivity index (χ0n) is 8.03. The van der Waals surface area contributed by atoms with E-state index in [0.717, 1.165) is 13.1 Å². The average molecular weight is 197 g/mol. The van der Waals surface area contributed by atoms with Crippen LogP contribution in [0.15, 0.2) is 0 Å². The SMILES string of the molecule is O=C(O)CC1C2CNCC1CC(=O)C2. The molecular formula is C10H15NO3. The lowest BCUT2D eigenvalue weighted by atomic mass is 9.68. The maximum Gasteiger partial charge on any atom is 0.303 e. The summed E-state index contributed by atoms with van der Waals surface area (Å²) in [6.45, 7) is 1.61. The molecule has 1 aliphatic carbocycles. The fourth-order valence-electron chi connectivity index (χ4n) is 2.79. The Hall–Kier alpha value is -0.900. The van der Waals surface area contributed by atoms with E-state index in [1.165, 1.54) is 0 Å². The molecule has 2 unspecified atom stereocenters. The van der Waals surface area contributed by atoms with E-state index in [4.69, 9.17) is 5.11 Å². The summed E-state index contributed by atoms with van der Waals surface area (Å²) in [6, 6.07) is 0. The summed E-state index contributed by atoms with van der Waals surface area (Å²) < 4.78 is 0. The van der Waals surface area contributed by atoms with Crippen LogP contribution in [-0.4, -0.2) is 29.9 Å². The minimum absolute atomic E-state index is 0.214. The number of fused-ring (bicyclic) bond motifs is 2. The summed E-state index contributed by atoms with van der Waals surface area (Å²) in [6.07, 6.45) is 1.37. The quantitative estimate of drug-likeness (QED) is 0.667. The molecule has 4 nitrogen and oxygen atoms in total. The van der Waals surface area contributed by atoms with Crippen molar-refractivity contribution < 1.29 is 14.7 Å². The van der Waals surface area contributed by atoms with Crippen LogP contribution in [0.25, 0.3) is 0 Å². The van der Waals surface area contributed by atoms with E-state index in [2.05, 4.69) is 5.32 Å². The highest BCUT2D eigenvalue weighted by atomic mass is 16.4. The predicted molar refractivity (Wildman–Crippen MR) is 49.8 cm³/mol. The Labute approximate surface area is 82.7 Å². The minimum atomic E-state index is -0.735. The second-order valence-corrected chi connectivity index (χ2v) is 4.39. The molecule has 1 aliphatic heterocycles. The van der Waals surface area contributed by atoms with Crippen LogP contribution in [0.2, 0.25) is 0 Å². The van der Waals surface area contributed by atoms with Crippen LogP contribution in [0.4, 0.5) is 0 Å². The maximum absolute atomic E-state index is 11.3. The van der Waals surface area contributed by atoms with Crippen molar-refractivity contribution in [3.8, 4) is 0 Å². The van der Waals surface area contributed by atoms with Gasteiger partial charge in [0, 0.05) is 19.3 Å². The number of piperidine rings is 1. The number of nitrogens with one attached hydrogen (secondary N) is 1. The van der Waals surface area contributed by atoms with Gasteiger partial charge in [-0.15, -0.1) is 0 Å². The zero-order valence-corrected chi connectivity index (χ0v) is 8.03. The fraction of sp³-hybridized carbons (Fsp3) is 0.800. The van der Waals surface area contributed by atoms with Gasteiger partial charge in [0.15, 0.2) is 0 Å². The van der Waals surface area contributed by atoms with Crippen molar-refractivity contribution in [1.29, 1.82) is 0 Å². The third-order valence-corrected chi connectivity index (χ3v) is 3.41. The topological polar surface area (TPSA) is 66.4 Å². The molecule has 0 radical (unpaired) electrons. The number of carbonyl (C=O) groups is 2. The predicted octanol–water partition coefficient (Wildman–Crippen LogP) is 0.276. The van der Waals surface area contributed by atoms with E-state index < -0.39 is 5.97 Å². The molecule has 14 heavy (non-hydrogen) atoms. The second kappa shape index (κ2) is 3.69. The molecule has 2 atom stereocenters. The van der Waals surface area contributed by atoms with E-state index in [-0.39, 0.29) is 24.2 Å². The minimum Gasteiger partial charge on any atom is -0.481 e. The highest BCUT2D eigenvalue weighted by Crippen LogP contribution is 2.37. The standard InChI is InChI=1S/C10H15NO3/c12-8-1-6-4-11-5-7(2-8)9(6)3-10(13)14/h6-7,9,11H,1-5H2,(H,13,14). The second-order valence-electron chi connectivity index (χ2n) is 4.39. The van der Waals surface area contributed by atoms with Crippen LogP contribution in [0, 0.1) is 17.8 Å². The summed E-state index contributed by atoms with van der Waals surface area (Å²) in [7, 11) is 0. The molecule has 2 bridgehead atoms. The highest BCUT2D eigenvalue weighted by Gasteiger charge is 2.40. The van der Waals surface area contributed by atoms with Gasteiger partial charge in [0.25, 0.3) is 0 Å². The molecule has 2 fully saturated rings. The first-order valence-electron chi connectivity index (χ1n) is 5.11. The van der Waals surface area contributed by atoms with Crippen molar-refractivity contribution in [3.05, 3.63) is 0 Å². The van der Waals surface area contributed by atoms with Gasteiger partial charge in [0.2, 0.25) is 0 Å². The van der Waals surface area contributed by atoms with E-state index in [1.807, 2.05) is 0 Å². The lowest BCUT2D eigenvalue weighted by molar-refractivity contribution is -0.141. The molecule has 0 aromatic carbocycles. The summed E-state index contributed by atoms with van der Waals surface area (Å²) in [4.78, 5) is 22.0. The van der Waals surface area contributed by atoms with Crippen molar-refractivity contribution in [3.63, 3.8) is 0 Å². The van der Waals surface area contributed by atoms with Crippen LogP contribution in [-0.2, 0) is 9.59 Å². The number of carbonyl (C=O) groups excluding carboxylic acids is 1. The van der Waals surface area contributed by atoms with Gasteiger partial charge in [-0.05, 0) is 30.8 Å². The maximum atomic E-state index is 11.3. The lowest BCUT2D eigenvalue weighted by Gasteiger charge is -2.41. The Kier molecular flexibility index (Phi) is 2.54. The Bertz CT molecular complexity index is 248. The van der Waals surface area contributed by atoms with Gasteiger partial charge in [-0.25, -0.2) is 0 Å². The third-order valence-electron chi connectivity index (χ3n) is 3.41. The average Bonchev–Trinajstić information content (AvgIpc) is 2.05. The number of Topliss-reactive ketones (excluding diaryl/α,β-unsaturated/α-hetero) is 1. The van der Waals surface area contributed by atoms with Gasteiger partial charge in [-0.2, -0.15) is 0 Å². The summed E-state index contributed by atoms with van der Waals surface area (Å²) in [5.41, 5.74) is 0. The van der Waals surface area contributed by atoms with Crippen LogP contribution >= 0.6 is 0 Å². The van der Waals surface area contributed by atoms with Gasteiger partial charge in [0.1, 0.15) is 5.78 Å². The molecule has 78 valence electrons. The van der Waals surface area contributed by atoms with Crippen LogP contribution in [0.5, 0.6) is 0 Å². The summed E-state index contributed by atoms with van der Waals surface area (Å²) >= 11 is 0. The van der Waals surface area contributed by atoms with Crippen LogP contribution in [0.3, 0.4) is 0 Å². The van der Waals surface area contributed by atoms with Gasteiger partial charge in [0.05, 0.1) is 0 Å². The molecule has 1 heterocycles. The van der Waals surface area contributed by atoms with Gasteiger partial charge in [-0.1, -0.05) is 0 Å². The molecule has 1 saturated carbocycles. The molecule has 2 N–H and O–H groups in total. The molecule has 0 aromatic rings. The Morgan fingerprint density at radius 2 is 1.93 bits per heavy atom. The Morgan fingerprint density at radius 3 is 2.43 bits per heavy atom. The number of ketones is 1. The largest absolute Gasteiger partial charge is 0.481 e. The van der Waals surface area contributed by atoms with Gasteiger partial charge in [-0.3, -0.25) is 9.59 Å². The molecule has 0 amide bonds. The fourth-order valence-corrected chi connectivity index (χ4v) is 2.79. The first kappa shape index (κ1) is 9.65. The molecule has 0 spiro atoms. The molecule has 2 aliphatic rings. The molecule has 4 heteroatoms. The van der Waals surface area contributed by atoms with Gasteiger partial charge < -0.3 is 10.4 Å². The number of rotatable bonds is 2. The van der Waals surface area contributed by atoms with Crippen LogP contribution in [0.1, 0.15) is 19.3 Å². The first-order valence-corrected chi connectivity index (χ1v) is 5.11. The Balaban J connectivity index is 2.08. The number of aliphatic carboxylic acids is 1.